The van der Waals surface area contributed by atoms with Crippen LogP contribution in [0.15, 0.2) is 67.0 Å². The molecule has 0 saturated carbocycles. The third-order valence-electron chi connectivity index (χ3n) is 5.11. The largest absolute Gasteiger partial charge is 0.464 e. The number of hydrogen-bond donors (Lipinski definition) is 0. The van der Waals surface area contributed by atoms with Crippen molar-refractivity contribution in [3.05, 3.63) is 78.2 Å². The lowest BCUT2D eigenvalue weighted by atomic mass is 10.1. The van der Waals surface area contributed by atoms with E-state index in [9.17, 15) is 4.79 Å². The lowest BCUT2D eigenvalue weighted by Crippen LogP contribution is -2.21. The molecule has 1 aromatic heterocycles. The summed E-state index contributed by atoms with van der Waals surface area (Å²) in [6.45, 7) is 2.90. The van der Waals surface area contributed by atoms with Crippen molar-refractivity contribution in [1.29, 1.82) is 0 Å². The Labute approximate surface area is 159 Å². The molecule has 2 heterocycles. The number of imidazole rings is 1. The Morgan fingerprint density at radius 1 is 1.11 bits per heavy atom. The van der Waals surface area contributed by atoms with Crippen LogP contribution in [0.2, 0.25) is 0 Å². The summed E-state index contributed by atoms with van der Waals surface area (Å²) in [6.07, 6.45) is 2.81. The van der Waals surface area contributed by atoms with Gasteiger partial charge in [0.05, 0.1) is 19.1 Å². The summed E-state index contributed by atoms with van der Waals surface area (Å²) in [4.78, 5) is 19.1. The van der Waals surface area contributed by atoms with E-state index in [1.165, 1.54) is 12.7 Å². The minimum atomic E-state index is -0.397. The van der Waals surface area contributed by atoms with Gasteiger partial charge < -0.3 is 9.30 Å². The molecule has 5 heteroatoms. The van der Waals surface area contributed by atoms with Gasteiger partial charge in [-0.25, -0.2) is 9.78 Å². The molecule has 2 aromatic carbocycles. The average molecular weight is 361 g/mol. The van der Waals surface area contributed by atoms with Crippen LogP contribution in [0.4, 0.5) is 0 Å². The molecular formula is C22H23N3O2. The van der Waals surface area contributed by atoms with Gasteiger partial charge in [0.1, 0.15) is 0 Å². The van der Waals surface area contributed by atoms with Gasteiger partial charge >= 0.3 is 5.97 Å². The zero-order valence-corrected chi connectivity index (χ0v) is 15.4. The van der Waals surface area contributed by atoms with E-state index >= 15 is 0 Å². The highest BCUT2D eigenvalue weighted by Crippen LogP contribution is 2.31. The van der Waals surface area contributed by atoms with E-state index in [1.807, 2.05) is 36.4 Å². The highest BCUT2D eigenvalue weighted by molar-refractivity contribution is 5.94. The predicted octanol–water partition coefficient (Wildman–Crippen LogP) is 3.78. The maximum Gasteiger partial charge on any atom is 0.358 e. The number of likely N-dealkylation sites (tertiary alicyclic amines) is 1. The lowest BCUT2D eigenvalue weighted by Gasteiger charge is -2.19. The van der Waals surface area contributed by atoms with Gasteiger partial charge in [-0.15, -0.1) is 0 Å². The van der Waals surface area contributed by atoms with Gasteiger partial charge in [-0.3, -0.25) is 4.90 Å². The third-order valence-corrected chi connectivity index (χ3v) is 5.11. The number of hydrogen-bond acceptors (Lipinski definition) is 4. The Bertz CT molecular complexity index is 906. The smallest absolute Gasteiger partial charge is 0.358 e. The summed E-state index contributed by atoms with van der Waals surface area (Å²) in [5, 5.41) is 0. The molecule has 1 saturated heterocycles. The Morgan fingerprint density at radius 3 is 2.52 bits per heavy atom. The molecule has 1 atom stereocenters. The van der Waals surface area contributed by atoms with Gasteiger partial charge in [-0.2, -0.15) is 0 Å². The molecule has 0 amide bonds. The van der Waals surface area contributed by atoms with Gasteiger partial charge in [0.25, 0.3) is 0 Å². The summed E-state index contributed by atoms with van der Waals surface area (Å²) >= 11 is 0. The number of methoxy groups -OCH3 is 1. The van der Waals surface area contributed by atoms with E-state index < -0.39 is 5.97 Å². The highest BCUT2D eigenvalue weighted by Gasteiger charge is 2.29. The molecule has 5 nitrogen and oxygen atoms in total. The second-order valence-electron chi connectivity index (χ2n) is 6.87. The molecular weight excluding hydrogens is 338 g/mol. The van der Waals surface area contributed by atoms with Crippen LogP contribution in [-0.4, -0.2) is 40.6 Å². The SMILES string of the molecule is COC(=O)c1ncn([C@H]2CCN(Cc3ccccc3)C2)c1-c1ccccc1. The quantitative estimate of drug-likeness (QED) is 0.649. The molecule has 4 rings (SSSR count). The van der Waals surface area contributed by atoms with Crippen molar-refractivity contribution in [1.82, 2.24) is 14.5 Å². The Kier molecular flexibility index (Phi) is 5.03. The number of carbonyl (C=O) groups is 1. The first-order chi connectivity index (χ1) is 13.3. The number of nitrogens with zero attached hydrogens (tertiary/aromatic N) is 3. The molecule has 3 aromatic rings. The van der Waals surface area contributed by atoms with Gasteiger partial charge in [0, 0.05) is 31.2 Å². The van der Waals surface area contributed by atoms with Gasteiger partial charge in [-0.05, 0) is 12.0 Å². The fraction of sp³-hybridized carbons (Fsp3) is 0.273. The zero-order valence-electron chi connectivity index (χ0n) is 15.4. The van der Waals surface area contributed by atoms with Crippen molar-refractivity contribution in [3.8, 4) is 11.3 Å². The summed E-state index contributed by atoms with van der Waals surface area (Å²) in [5.74, 6) is -0.397. The number of rotatable bonds is 5. The van der Waals surface area contributed by atoms with Gasteiger partial charge in [-0.1, -0.05) is 60.7 Å². The summed E-state index contributed by atoms with van der Waals surface area (Å²) in [5.41, 5.74) is 3.53. The molecule has 1 aliphatic rings. The van der Waals surface area contributed by atoms with Crippen LogP contribution in [-0.2, 0) is 11.3 Å². The van der Waals surface area contributed by atoms with Crippen molar-refractivity contribution < 1.29 is 9.53 Å². The molecule has 0 aliphatic carbocycles. The van der Waals surface area contributed by atoms with E-state index in [0.717, 1.165) is 37.3 Å². The molecule has 0 radical (unpaired) electrons. The van der Waals surface area contributed by atoms with Crippen LogP contribution in [0.25, 0.3) is 11.3 Å². The maximum absolute atomic E-state index is 12.2. The molecule has 0 bridgehead atoms. The van der Waals surface area contributed by atoms with Crippen molar-refractivity contribution >= 4 is 5.97 Å². The first-order valence-corrected chi connectivity index (χ1v) is 9.23. The van der Waals surface area contributed by atoms with Crippen LogP contribution >= 0.6 is 0 Å². The fourth-order valence-electron chi connectivity index (χ4n) is 3.79. The van der Waals surface area contributed by atoms with E-state index in [2.05, 4.69) is 38.7 Å². The molecule has 0 unspecified atom stereocenters. The number of aromatic nitrogens is 2. The summed E-state index contributed by atoms with van der Waals surface area (Å²) < 4.78 is 7.09. The second kappa shape index (κ2) is 7.76. The normalized spacial score (nSPS) is 17.1. The molecule has 1 aliphatic heterocycles. The molecule has 0 N–H and O–H groups in total. The van der Waals surface area contributed by atoms with Crippen LogP contribution < -0.4 is 0 Å². The summed E-state index contributed by atoms with van der Waals surface area (Å²) in [7, 11) is 1.40. The first-order valence-electron chi connectivity index (χ1n) is 9.23. The topological polar surface area (TPSA) is 47.4 Å². The number of ether oxygens (including phenoxy) is 1. The van der Waals surface area contributed by atoms with Crippen molar-refractivity contribution in [3.63, 3.8) is 0 Å². The zero-order chi connectivity index (χ0) is 18.6. The van der Waals surface area contributed by atoms with Gasteiger partial charge in [0.2, 0.25) is 0 Å². The summed E-state index contributed by atoms with van der Waals surface area (Å²) in [6, 6.07) is 20.8. The molecule has 0 spiro atoms. The average Bonchev–Trinajstić information content (AvgIpc) is 3.35. The third kappa shape index (κ3) is 3.64. The van der Waals surface area contributed by atoms with E-state index in [4.69, 9.17) is 4.74 Å². The van der Waals surface area contributed by atoms with Crippen LogP contribution in [0, 0.1) is 0 Å². The minimum absolute atomic E-state index is 0.287. The fourth-order valence-corrected chi connectivity index (χ4v) is 3.79. The van der Waals surface area contributed by atoms with Gasteiger partial charge in [0.15, 0.2) is 5.69 Å². The van der Waals surface area contributed by atoms with E-state index in [1.54, 1.807) is 6.33 Å². The highest BCUT2D eigenvalue weighted by atomic mass is 16.5. The van der Waals surface area contributed by atoms with E-state index in [-0.39, 0.29) is 6.04 Å². The number of benzene rings is 2. The monoisotopic (exact) mass is 361 g/mol. The number of carbonyl (C=O) groups excluding carboxylic acids is 1. The minimum Gasteiger partial charge on any atom is -0.464 e. The van der Waals surface area contributed by atoms with Crippen LogP contribution in [0.3, 0.4) is 0 Å². The first kappa shape index (κ1) is 17.5. The number of esters is 1. The lowest BCUT2D eigenvalue weighted by molar-refractivity contribution is 0.0595. The van der Waals surface area contributed by atoms with E-state index in [0.29, 0.717) is 5.69 Å². The van der Waals surface area contributed by atoms with Crippen molar-refractivity contribution in [2.24, 2.45) is 0 Å². The standard InChI is InChI=1S/C22H23N3O2/c1-27-22(26)20-21(18-10-6-3-7-11-18)25(16-23-20)19-12-13-24(15-19)14-17-8-4-2-5-9-17/h2-11,16,19H,12-15H2,1H3/t19-/m0/s1. The molecule has 27 heavy (non-hydrogen) atoms. The van der Waals surface area contributed by atoms with Crippen molar-refractivity contribution in [2.75, 3.05) is 20.2 Å². The maximum atomic E-state index is 12.2. The Morgan fingerprint density at radius 2 is 1.81 bits per heavy atom. The Hall–Kier alpha value is -2.92. The van der Waals surface area contributed by atoms with Crippen LogP contribution in [0.1, 0.15) is 28.5 Å². The van der Waals surface area contributed by atoms with Crippen LogP contribution in [0.5, 0.6) is 0 Å². The molecule has 138 valence electrons. The molecule has 1 fully saturated rings. The Balaban J connectivity index is 1.61. The van der Waals surface area contributed by atoms with Crippen molar-refractivity contribution in [2.45, 2.75) is 19.0 Å². The second-order valence-corrected chi connectivity index (χ2v) is 6.87. The predicted molar refractivity (Wildman–Crippen MR) is 104 cm³/mol.